The molecule has 1 aliphatic rings. The maximum atomic E-state index is 12.7. The van der Waals surface area contributed by atoms with Gasteiger partial charge in [0.1, 0.15) is 0 Å². The van der Waals surface area contributed by atoms with Crippen molar-refractivity contribution in [3.05, 3.63) is 69.5 Å². The third kappa shape index (κ3) is 3.97. The number of carbonyl (C=O) groups excluding carboxylic acids is 1. The highest BCUT2D eigenvalue weighted by Gasteiger charge is 2.32. The van der Waals surface area contributed by atoms with Gasteiger partial charge in [-0.25, -0.2) is 4.99 Å². The van der Waals surface area contributed by atoms with Crippen LogP contribution < -0.4 is 0 Å². The molecule has 2 aromatic rings. The van der Waals surface area contributed by atoms with E-state index in [1.165, 1.54) is 11.8 Å². The van der Waals surface area contributed by atoms with Crippen LogP contribution in [0.25, 0.3) is 6.08 Å². The first-order chi connectivity index (χ1) is 11.7. The van der Waals surface area contributed by atoms with Crippen molar-refractivity contribution in [2.75, 3.05) is 6.54 Å². The molecule has 24 heavy (non-hydrogen) atoms. The lowest BCUT2D eigenvalue weighted by Crippen LogP contribution is -2.29. The Bertz CT molecular complexity index is 785. The first-order valence-corrected chi connectivity index (χ1v) is 9.39. The summed E-state index contributed by atoms with van der Waals surface area (Å²) < 4.78 is 1.02. The fourth-order valence-electron chi connectivity index (χ4n) is 2.34. The summed E-state index contributed by atoms with van der Waals surface area (Å²) in [6, 6.07) is 17.7. The number of carbonyl (C=O) groups is 1. The Kier molecular flexibility index (Phi) is 5.53. The molecule has 0 N–H and O–H groups in total. The first-order valence-electron chi connectivity index (χ1n) is 7.78. The molecule has 0 aromatic heterocycles. The first kappa shape index (κ1) is 17.0. The van der Waals surface area contributed by atoms with Gasteiger partial charge in [0.15, 0.2) is 5.17 Å². The average molecular weight is 401 g/mol. The molecule has 1 heterocycles. The van der Waals surface area contributed by atoms with Gasteiger partial charge in [0.05, 0.1) is 10.6 Å². The minimum atomic E-state index is 0.0273. The standard InChI is InChI=1S/C19H17BrN2OS/c1-2-12-22-18(23)17(13-14-8-10-15(20)11-9-14)24-19(22)21-16-6-4-3-5-7-16/h3-11,13H,2,12H2,1H3/b17-13+,21-19?. The van der Waals surface area contributed by atoms with Crippen molar-refractivity contribution in [1.82, 2.24) is 4.90 Å². The van der Waals surface area contributed by atoms with E-state index in [2.05, 4.69) is 27.8 Å². The lowest BCUT2D eigenvalue weighted by molar-refractivity contribution is -0.122. The van der Waals surface area contributed by atoms with Crippen LogP contribution in [0.4, 0.5) is 5.69 Å². The summed E-state index contributed by atoms with van der Waals surface area (Å²) in [6.07, 6.45) is 2.82. The normalized spacial score (nSPS) is 17.9. The van der Waals surface area contributed by atoms with Gasteiger partial charge < -0.3 is 0 Å². The Morgan fingerprint density at radius 1 is 1.12 bits per heavy atom. The second kappa shape index (κ2) is 7.81. The number of para-hydroxylation sites is 1. The van der Waals surface area contributed by atoms with Crippen molar-refractivity contribution in [3.63, 3.8) is 0 Å². The third-order valence-electron chi connectivity index (χ3n) is 3.48. The fourth-order valence-corrected chi connectivity index (χ4v) is 3.62. The van der Waals surface area contributed by atoms with E-state index in [0.29, 0.717) is 11.4 Å². The van der Waals surface area contributed by atoms with Gasteiger partial charge in [-0.3, -0.25) is 9.69 Å². The van der Waals surface area contributed by atoms with Gasteiger partial charge in [-0.1, -0.05) is 53.2 Å². The summed E-state index contributed by atoms with van der Waals surface area (Å²) in [4.78, 5) is 19.8. The molecule has 0 spiro atoms. The number of benzene rings is 2. The Hall–Kier alpha value is -1.85. The number of hydrogen-bond donors (Lipinski definition) is 0. The average Bonchev–Trinajstić information content (AvgIpc) is 2.87. The Morgan fingerprint density at radius 2 is 1.83 bits per heavy atom. The second-order valence-electron chi connectivity index (χ2n) is 5.35. The predicted molar refractivity (Wildman–Crippen MR) is 105 cm³/mol. The van der Waals surface area contributed by atoms with Gasteiger partial charge in [-0.15, -0.1) is 0 Å². The highest BCUT2D eigenvalue weighted by Crippen LogP contribution is 2.34. The summed E-state index contributed by atoms with van der Waals surface area (Å²) in [5, 5.41) is 0.747. The molecule has 122 valence electrons. The number of rotatable bonds is 4. The minimum absolute atomic E-state index is 0.0273. The van der Waals surface area contributed by atoms with Crippen LogP contribution in [0, 0.1) is 0 Å². The van der Waals surface area contributed by atoms with E-state index >= 15 is 0 Å². The fraction of sp³-hybridized carbons (Fsp3) is 0.158. The van der Waals surface area contributed by atoms with Crippen molar-refractivity contribution in [2.24, 2.45) is 4.99 Å². The monoisotopic (exact) mass is 400 g/mol. The largest absolute Gasteiger partial charge is 0.286 e. The molecule has 3 rings (SSSR count). The van der Waals surface area contributed by atoms with E-state index in [4.69, 9.17) is 0 Å². The number of aliphatic imine (C=N–C) groups is 1. The number of nitrogens with zero attached hydrogens (tertiary/aromatic N) is 2. The zero-order valence-corrected chi connectivity index (χ0v) is 15.7. The van der Waals surface area contributed by atoms with Crippen molar-refractivity contribution >= 4 is 50.5 Å². The summed E-state index contributed by atoms with van der Waals surface area (Å²) in [5.74, 6) is 0.0273. The van der Waals surface area contributed by atoms with E-state index in [9.17, 15) is 4.79 Å². The van der Waals surface area contributed by atoms with Crippen LogP contribution in [0.2, 0.25) is 0 Å². The topological polar surface area (TPSA) is 32.7 Å². The molecule has 0 aliphatic carbocycles. The molecule has 1 fully saturated rings. The van der Waals surface area contributed by atoms with Crippen LogP contribution in [0.15, 0.2) is 69.0 Å². The summed E-state index contributed by atoms with van der Waals surface area (Å²) in [7, 11) is 0. The molecule has 1 aliphatic heterocycles. The second-order valence-corrected chi connectivity index (χ2v) is 7.27. The quantitative estimate of drug-likeness (QED) is 0.637. The van der Waals surface area contributed by atoms with Gasteiger partial charge in [0, 0.05) is 11.0 Å². The number of amidine groups is 1. The molecule has 2 aromatic carbocycles. The molecule has 0 radical (unpaired) electrons. The minimum Gasteiger partial charge on any atom is -0.286 e. The van der Waals surface area contributed by atoms with Crippen LogP contribution >= 0.6 is 27.7 Å². The van der Waals surface area contributed by atoms with Crippen LogP contribution in [0.5, 0.6) is 0 Å². The number of hydrogen-bond acceptors (Lipinski definition) is 3. The molecule has 5 heteroatoms. The number of amides is 1. The van der Waals surface area contributed by atoms with Crippen LogP contribution in [-0.2, 0) is 4.79 Å². The Labute approximate surface area is 154 Å². The molecule has 0 bridgehead atoms. The van der Waals surface area contributed by atoms with Crippen molar-refractivity contribution in [3.8, 4) is 0 Å². The molecule has 0 saturated carbocycles. The lowest BCUT2D eigenvalue weighted by Gasteiger charge is -2.13. The van der Waals surface area contributed by atoms with Crippen LogP contribution in [0.1, 0.15) is 18.9 Å². The number of thioether (sulfide) groups is 1. The van der Waals surface area contributed by atoms with Crippen LogP contribution in [0.3, 0.4) is 0 Å². The Morgan fingerprint density at radius 3 is 2.50 bits per heavy atom. The van der Waals surface area contributed by atoms with Gasteiger partial charge >= 0.3 is 0 Å². The third-order valence-corrected chi connectivity index (χ3v) is 5.02. The van der Waals surface area contributed by atoms with Crippen molar-refractivity contribution in [2.45, 2.75) is 13.3 Å². The molecule has 0 atom stereocenters. The SMILES string of the molecule is CCCN1C(=O)/C(=C\c2ccc(Br)cc2)SC1=Nc1ccccc1. The van der Waals surface area contributed by atoms with Gasteiger partial charge in [-0.05, 0) is 54.1 Å². The molecular weight excluding hydrogens is 384 g/mol. The van der Waals surface area contributed by atoms with E-state index in [0.717, 1.165) is 27.3 Å². The van der Waals surface area contributed by atoms with E-state index in [1.807, 2.05) is 60.7 Å². The zero-order chi connectivity index (χ0) is 16.9. The number of halogens is 1. The van der Waals surface area contributed by atoms with Crippen molar-refractivity contribution < 1.29 is 4.79 Å². The van der Waals surface area contributed by atoms with Gasteiger partial charge in [0.2, 0.25) is 0 Å². The van der Waals surface area contributed by atoms with Crippen LogP contribution in [-0.4, -0.2) is 22.5 Å². The molecule has 0 unspecified atom stereocenters. The van der Waals surface area contributed by atoms with Gasteiger partial charge in [-0.2, -0.15) is 0 Å². The maximum Gasteiger partial charge on any atom is 0.266 e. The highest BCUT2D eigenvalue weighted by molar-refractivity contribution is 9.10. The Balaban J connectivity index is 1.92. The van der Waals surface area contributed by atoms with E-state index in [-0.39, 0.29) is 5.91 Å². The molecule has 1 saturated heterocycles. The van der Waals surface area contributed by atoms with E-state index in [1.54, 1.807) is 4.90 Å². The molecule has 1 amide bonds. The highest BCUT2D eigenvalue weighted by atomic mass is 79.9. The summed E-state index contributed by atoms with van der Waals surface area (Å²) >= 11 is 4.86. The summed E-state index contributed by atoms with van der Waals surface area (Å²) in [5.41, 5.74) is 1.87. The zero-order valence-electron chi connectivity index (χ0n) is 13.3. The smallest absolute Gasteiger partial charge is 0.266 e. The molecular formula is C19H17BrN2OS. The summed E-state index contributed by atoms with van der Waals surface area (Å²) in [6.45, 7) is 2.74. The predicted octanol–water partition coefficient (Wildman–Crippen LogP) is 5.46. The van der Waals surface area contributed by atoms with Crippen molar-refractivity contribution in [1.29, 1.82) is 0 Å². The van der Waals surface area contributed by atoms with E-state index < -0.39 is 0 Å². The molecule has 3 nitrogen and oxygen atoms in total. The van der Waals surface area contributed by atoms with Gasteiger partial charge in [0.25, 0.3) is 5.91 Å². The lowest BCUT2D eigenvalue weighted by atomic mass is 10.2. The maximum absolute atomic E-state index is 12.7.